The highest BCUT2D eigenvalue weighted by molar-refractivity contribution is 6.22. The number of carbonyl (C=O) groups is 1. The minimum Gasteiger partial charge on any atom is -0.481 e. The number of allylic oxidation sites excluding steroid dienone is 1. The zero-order valence-corrected chi connectivity index (χ0v) is 6.92. The van der Waals surface area contributed by atoms with E-state index in [1.54, 1.807) is 6.08 Å². The largest absolute Gasteiger partial charge is 0.481 e. The van der Waals surface area contributed by atoms with Crippen LogP contribution in [0.5, 0.6) is 0 Å². The van der Waals surface area contributed by atoms with Gasteiger partial charge in [0.15, 0.2) is 0 Å². The molecule has 0 aromatic heterocycles. The Labute approximate surface area is 51.6 Å². The molecule has 2 nitrogen and oxygen atoms in total. The Hall–Kier alpha value is -0.573. The van der Waals surface area contributed by atoms with E-state index in [2.05, 4.69) is 6.58 Å². The Kier molecular flexibility index (Phi) is 3.19. The quantitative estimate of drug-likeness (QED) is 0.424. The minimum atomic E-state index is -0.698. The van der Waals surface area contributed by atoms with Crippen molar-refractivity contribution in [2.45, 2.75) is 12.0 Å². The molecule has 0 spiro atoms. The van der Waals surface area contributed by atoms with E-state index in [4.69, 9.17) is 5.11 Å². The summed E-state index contributed by atoms with van der Waals surface area (Å²) in [4.78, 5) is 10.1. The number of hydrogen-bond donors (Lipinski definition) is 1. The van der Waals surface area contributed by atoms with Crippen LogP contribution in [0.1, 0.15) is 6.42 Å². The number of carboxylic acids is 1. The zero-order valence-electron chi connectivity index (χ0n) is 4.92. The number of carboxylic acid groups (broad SMARTS) is 1. The first-order valence-corrected chi connectivity index (χ1v) is 3.67. The van der Waals surface area contributed by atoms with E-state index in [0.717, 1.165) is 0 Å². The Morgan fingerprint density at radius 3 is 2.62 bits per heavy atom. The van der Waals surface area contributed by atoms with Crippen LogP contribution in [0.15, 0.2) is 12.7 Å². The number of hydrogen-bond acceptors (Lipinski definition) is 1. The molecule has 0 aliphatic rings. The summed E-state index contributed by atoms with van der Waals surface area (Å²) in [5.41, 5.74) is -0.146. The third-order valence-corrected chi connectivity index (χ3v) is 1.91. The minimum absolute atomic E-state index is 0.146. The van der Waals surface area contributed by atoms with Crippen molar-refractivity contribution in [3.63, 3.8) is 0 Å². The summed E-state index contributed by atoms with van der Waals surface area (Å²) in [5.74, 6) is -0.698. The molecule has 0 amide bonds. The second-order valence-electron chi connectivity index (χ2n) is 1.76. The van der Waals surface area contributed by atoms with Crippen molar-refractivity contribution in [1.29, 1.82) is 0 Å². The van der Waals surface area contributed by atoms with E-state index >= 15 is 0 Å². The summed E-state index contributed by atoms with van der Waals surface area (Å²) < 4.78 is 0. The molecule has 0 saturated carbocycles. The maximum absolute atomic E-state index is 10.1. The first kappa shape index (κ1) is 7.43. The molecule has 1 unspecified atom stereocenters. The van der Waals surface area contributed by atoms with Crippen LogP contribution < -0.4 is 0 Å². The number of rotatable bonds is 3. The molecule has 0 saturated heterocycles. The van der Waals surface area contributed by atoms with Crippen LogP contribution in [0.3, 0.4) is 0 Å². The van der Waals surface area contributed by atoms with Crippen LogP contribution in [0.25, 0.3) is 0 Å². The fourth-order valence-corrected chi connectivity index (χ4v) is 0.684. The van der Waals surface area contributed by atoms with Gasteiger partial charge in [0.25, 0.3) is 0 Å². The summed E-state index contributed by atoms with van der Waals surface area (Å²) in [6, 6.07) is 0. The molecule has 0 rings (SSSR count). The third-order valence-electron chi connectivity index (χ3n) is 0.942. The highest BCUT2D eigenvalue weighted by Crippen LogP contribution is 2.03. The van der Waals surface area contributed by atoms with E-state index in [9.17, 15) is 4.79 Å². The highest BCUT2D eigenvalue weighted by Gasteiger charge is 2.06. The van der Waals surface area contributed by atoms with Crippen molar-refractivity contribution in [3.05, 3.63) is 12.7 Å². The summed E-state index contributed by atoms with van der Waals surface area (Å²) in [5, 5.41) is 8.30. The predicted octanol–water partition coefficient (Wildman–Crippen LogP) is -0.199. The predicted molar refractivity (Wildman–Crippen MR) is 36.1 cm³/mol. The van der Waals surface area contributed by atoms with Crippen LogP contribution in [0, 0.1) is 0 Å². The van der Waals surface area contributed by atoms with Gasteiger partial charge in [-0.1, -0.05) is 6.08 Å². The maximum Gasteiger partial charge on any atom is 0.303 e. The summed E-state index contributed by atoms with van der Waals surface area (Å²) in [6.07, 6.45) is 2.26. The normalized spacial score (nSPS) is 13.0. The van der Waals surface area contributed by atoms with E-state index < -0.39 is 5.97 Å². The lowest BCUT2D eigenvalue weighted by Gasteiger charge is -1.97. The molecule has 0 aliphatic carbocycles. The second kappa shape index (κ2) is 3.43. The molecule has 0 radical (unpaired) electrons. The maximum atomic E-state index is 10.1. The molecule has 3 heteroatoms. The van der Waals surface area contributed by atoms with Crippen molar-refractivity contribution in [2.24, 2.45) is 0 Å². The Bertz CT molecular complexity index is 101. The van der Waals surface area contributed by atoms with Gasteiger partial charge in [0.05, 0.1) is 0 Å². The Morgan fingerprint density at radius 1 is 2.00 bits per heavy atom. The van der Waals surface area contributed by atoms with Gasteiger partial charge in [-0.05, 0) is 6.42 Å². The Morgan fingerprint density at radius 2 is 2.50 bits per heavy atom. The molecule has 46 valence electrons. The van der Waals surface area contributed by atoms with Crippen molar-refractivity contribution in [3.8, 4) is 0 Å². The summed E-state index contributed by atoms with van der Waals surface area (Å²) in [7, 11) is 0.712. The molecule has 0 aromatic rings. The average molecular weight is 130 g/mol. The first-order valence-electron chi connectivity index (χ1n) is 2.52. The van der Waals surface area contributed by atoms with Gasteiger partial charge in [0.2, 0.25) is 0 Å². The fourth-order valence-electron chi connectivity index (χ4n) is 0.351. The van der Waals surface area contributed by atoms with E-state index in [-0.39, 0.29) is 5.54 Å². The number of aliphatic carboxylic acids is 1. The molecular weight excluding hydrogens is 120 g/mol. The monoisotopic (exact) mass is 130 g/mol. The zero-order chi connectivity index (χ0) is 6.57. The van der Waals surface area contributed by atoms with Crippen LogP contribution in [0.4, 0.5) is 0 Å². The second-order valence-corrected chi connectivity index (χ2v) is 3.16. The molecule has 0 bridgehead atoms. The van der Waals surface area contributed by atoms with Gasteiger partial charge in [-0.25, -0.2) is 0 Å². The van der Waals surface area contributed by atoms with Crippen LogP contribution >= 0.6 is 0 Å². The van der Waals surface area contributed by atoms with Crippen molar-refractivity contribution >= 4 is 16.2 Å². The first-order chi connectivity index (χ1) is 3.68. The van der Waals surface area contributed by atoms with Gasteiger partial charge in [-0.3, -0.25) is 4.79 Å². The highest BCUT2D eigenvalue weighted by atomic mass is 28.1. The summed E-state index contributed by atoms with van der Waals surface area (Å²) >= 11 is 0. The fraction of sp³-hybridized carbons (Fsp3) is 0.400. The summed E-state index contributed by atoms with van der Waals surface area (Å²) in [6.45, 7) is 3.44. The van der Waals surface area contributed by atoms with Gasteiger partial charge < -0.3 is 5.11 Å². The molecule has 0 heterocycles. The molecule has 1 atom stereocenters. The molecule has 1 N–H and O–H groups in total. The van der Waals surface area contributed by atoms with E-state index in [0.29, 0.717) is 16.7 Å². The van der Waals surface area contributed by atoms with Crippen LogP contribution in [-0.4, -0.2) is 21.3 Å². The smallest absolute Gasteiger partial charge is 0.303 e. The molecule has 0 fully saturated rings. The van der Waals surface area contributed by atoms with E-state index in [1.807, 2.05) is 0 Å². The lowest BCUT2D eigenvalue weighted by molar-refractivity contribution is -0.136. The molecule has 0 aliphatic heterocycles. The Balaban J connectivity index is 3.46. The van der Waals surface area contributed by atoms with Crippen molar-refractivity contribution in [2.75, 3.05) is 0 Å². The molecule has 8 heavy (non-hydrogen) atoms. The van der Waals surface area contributed by atoms with Crippen molar-refractivity contribution < 1.29 is 9.90 Å². The third kappa shape index (κ3) is 2.57. The van der Waals surface area contributed by atoms with Gasteiger partial charge in [0.1, 0.15) is 0 Å². The van der Waals surface area contributed by atoms with E-state index in [1.165, 1.54) is 0 Å². The average Bonchev–Trinajstić information content (AvgIpc) is 1.67. The van der Waals surface area contributed by atoms with Gasteiger partial charge in [-0.2, -0.15) is 0 Å². The standard InChI is InChI=1S/C5H10O2Si/c1-2-3-4(8)5(6)7/h2,4H,1,3H2,8H3,(H,6,7). The van der Waals surface area contributed by atoms with Crippen LogP contribution in [-0.2, 0) is 4.79 Å². The van der Waals surface area contributed by atoms with Gasteiger partial charge >= 0.3 is 5.97 Å². The lowest BCUT2D eigenvalue weighted by Crippen LogP contribution is -2.05. The van der Waals surface area contributed by atoms with Gasteiger partial charge in [-0.15, -0.1) is 6.58 Å². The van der Waals surface area contributed by atoms with Crippen LogP contribution in [0.2, 0.25) is 5.54 Å². The SMILES string of the molecule is C=CCC([SiH3])C(=O)O. The topological polar surface area (TPSA) is 37.3 Å². The lowest BCUT2D eigenvalue weighted by atomic mass is 10.3. The molecule has 0 aromatic carbocycles. The van der Waals surface area contributed by atoms with Crippen molar-refractivity contribution in [1.82, 2.24) is 0 Å². The molecular formula is C5H10O2Si. The van der Waals surface area contributed by atoms with Gasteiger partial charge in [0, 0.05) is 15.8 Å².